The molecular formula is C8H16F3N3. The molecule has 3 nitrogen and oxygen atoms in total. The number of nitrogens with one attached hydrogen (secondary N) is 2. The van der Waals surface area contributed by atoms with Gasteiger partial charge in [0.2, 0.25) is 0 Å². The second-order valence-corrected chi connectivity index (χ2v) is 4.34. The Morgan fingerprint density at radius 1 is 1.50 bits per heavy atom. The molecule has 1 heterocycles. The van der Waals surface area contributed by atoms with Crippen LogP contribution < -0.4 is 10.6 Å². The second kappa shape index (κ2) is 3.67. The first kappa shape index (κ1) is 11.7. The molecular weight excluding hydrogens is 195 g/mol. The van der Waals surface area contributed by atoms with Gasteiger partial charge in [-0.25, -0.2) is 0 Å². The zero-order chi connectivity index (χ0) is 11.0. The number of alkyl halides is 3. The summed E-state index contributed by atoms with van der Waals surface area (Å²) in [7, 11) is 1.79. The molecule has 14 heavy (non-hydrogen) atoms. The zero-order valence-corrected chi connectivity index (χ0v) is 8.57. The van der Waals surface area contributed by atoms with E-state index < -0.39 is 19.0 Å². The lowest BCUT2D eigenvalue weighted by Crippen LogP contribution is -2.51. The molecule has 1 saturated heterocycles. The molecule has 0 bridgehead atoms. The summed E-state index contributed by atoms with van der Waals surface area (Å²) in [5.41, 5.74) is -0.141. The highest BCUT2D eigenvalue weighted by Crippen LogP contribution is 2.17. The Bertz CT molecular complexity index is 202. The Morgan fingerprint density at radius 2 is 2.07 bits per heavy atom. The lowest BCUT2D eigenvalue weighted by atomic mass is 10.1. The molecule has 1 atom stereocenters. The molecule has 6 heteroatoms. The monoisotopic (exact) mass is 211 g/mol. The van der Waals surface area contributed by atoms with Gasteiger partial charge in [-0.2, -0.15) is 13.2 Å². The van der Waals surface area contributed by atoms with E-state index in [1.54, 1.807) is 7.05 Å². The molecule has 0 amide bonds. The lowest BCUT2D eigenvalue weighted by Gasteiger charge is -2.22. The summed E-state index contributed by atoms with van der Waals surface area (Å²) in [4.78, 5) is 1.83. The predicted octanol–water partition coefficient (Wildman–Crippen LogP) is 0.735. The van der Waals surface area contributed by atoms with Crippen molar-refractivity contribution < 1.29 is 13.2 Å². The van der Waals surface area contributed by atoms with Crippen LogP contribution in [0.5, 0.6) is 0 Å². The van der Waals surface area contributed by atoms with E-state index in [1.165, 1.54) is 0 Å². The third kappa shape index (κ3) is 3.43. The minimum atomic E-state index is -4.16. The van der Waals surface area contributed by atoms with E-state index in [9.17, 15) is 13.2 Å². The third-order valence-electron chi connectivity index (χ3n) is 2.11. The van der Waals surface area contributed by atoms with Crippen LogP contribution in [0.3, 0.4) is 0 Å². The van der Waals surface area contributed by atoms with Crippen LogP contribution in [0, 0.1) is 0 Å². The molecule has 0 aliphatic carbocycles. The average Bonchev–Trinajstić information content (AvgIpc) is 2.19. The molecule has 0 saturated carbocycles. The van der Waals surface area contributed by atoms with Gasteiger partial charge in [-0.05, 0) is 20.9 Å². The van der Waals surface area contributed by atoms with Crippen molar-refractivity contribution in [1.29, 1.82) is 0 Å². The molecule has 0 aromatic rings. The normalized spacial score (nSPS) is 28.3. The minimum absolute atomic E-state index is 0.141. The standard InChI is InChI=1S/C8H16F3N3/c1-7(2)5-14(3)6(13-7)12-4-8(9,10)11/h6,12-13H,4-5H2,1-3H3. The molecule has 1 aliphatic rings. The molecule has 0 spiro atoms. The summed E-state index contributed by atoms with van der Waals surface area (Å²) in [6.07, 6.45) is -4.55. The van der Waals surface area contributed by atoms with Gasteiger partial charge < -0.3 is 0 Å². The number of hydrogen-bond donors (Lipinski definition) is 2. The fraction of sp³-hybridized carbons (Fsp3) is 1.00. The molecule has 0 radical (unpaired) electrons. The zero-order valence-electron chi connectivity index (χ0n) is 8.57. The first-order valence-electron chi connectivity index (χ1n) is 4.48. The highest BCUT2D eigenvalue weighted by atomic mass is 19.4. The summed E-state index contributed by atoms with van der Waals surface area (Å²) >= 11 is 0. The maximum absolute atomic E-state index is 11.9. The predicted molar refractivity (Wildman–Crippen MR) is 47.7 cm³/mol. The number of likely N-dealkylation sites (N-methyl/N-ethyl adjacent to an activating group) is 1. The fourth-order valence-corrected chi connectivity index (χ4v) is 1.66. The average molecular weight is 211 g/mol. The van der Waals surface area contributed by atoms with Gasteiger partial charge in [-0.15, -0.1) is 0 Å². The fourth-order valence-electron chi connectivity index (χ4n) is 1.66. The van der Waals surface area contributed by atoms with Crippen LogP contribution in [0.2, 0.25) is 0 Å². The quantitative estimate of drug-likeness (QED) is 0.705. The number of nitrogens with zero attached hydrogens (tertiary/aromatic N) is 1. The Morgan fingerprint density at radius 3 is 2.43 bits per heavy atom. The summed E-state index contributed by atoms with van der Waals surface area (Å²) < 4.78 is 35.8. The van der Waals surface area contributed by atoms with Crippen molar-refractivity contribution >= 4 is 0 Å². The van der Waals surface area contributed by atoms with E-state index in [1.807, 2.05) is 18.7 Å². The van der Waals surface area contributed by atoms with E-state index in [-0.39, 0.29) is 5.54 Å². The maximum atomic E-state index is 11.9. The van der Waals surface area contributed by atoms with E-state index >= 15 is 0 Å². The van der Waals surface area contributed by atoms with Gasteiger partial charge in [-0.1, -0.05) is 0 Å². The molecule has 1 rings (SSSR count). The summed E-state index contributed by atoms with van der Waals surface area (Å²) in [6, 6.07) is 0. The number of rotatable bonds is 2. The Balaban J connectivity index is 2.40. The smallest absolute Gasteiger partial charge is 0.283 e. The van der Waals surface area contributed by atoms with Gasteiger partial charge in [0.15, 0.2) is 0 Å². The van der Waals surface area contributed by atoms with Crippen LogP contribution in [0.1, 0.15) is 13.8 Å². The molecule has 0 aromatic heterocycles. The maximum Gasteiger partial charge on any atom is 0.401 e. The van der Waals surface area contributed by atoms with Crippen molar-refractivity contribution in [2.24, 2.45) is 0 Å². The highest BCUT2D eigenvalue weighted by Gasteiger charge is 2.36. The second-order valence-electron chi connectivity index (χ2n) is 4.34. The van der Waals surface area contributed by atoms with E-state index in [2.05, 4.69) is 10.6 Å². The van der Waals surface area contributed by atoms with Crippen molar-refractivity contribution in [2.75, 3.05) is 20.1 Å². The SMILES string of the molecule is CN1CC(C)(C)NC1NCC(F)(F)F. The first-order chi connectivity index (χ1) is 6.20. The van der Waals surface area contributed by atoms with Gasteiger partial charge in [0.25, 0.3) is 0 Å². The molecule has 0 aromatic carbocycles. The Labute approximate surface area is 81.6 Å². The number of halogens is 3. The van der Waals surface area contributed by atoms with Crippen molar-refractivity contribution in [2.45, 2.75) is 31.9 Å². The van der Waals surface area contributed by atoms with E-state index in [0.717, 1.165) is 6.54 Å². The van der Waals surface area contributed by atoms with Crippen molar-refractivity contribution in [3.63, 3.8) is 0 Å². The van der Waals surface area contributed by atoms with E-state index in [0.29, 0.717) is 0 Å². The van der Waals surface area contributed by atoms with Crippen LogP contribution in [-0.4, -0.2) is 43.0 Å². The topological polar surface area (TPSA) is 27.3 Å². The van der Waals surface area contributed by atoms with Crippen molar-refractivity contribution in [3.05, 3.63) is 0 Å². The largest absolute Gasteiger partial charge is 0.401 e. The molecule has 1 unspecified atom stereocenters. The van der Waals surface area contributed by atoms with Crippen LogP contribution in [0.4, 0.5) is 13.2 Å². The first-order valence-corrected chi connectivity index (χ1v) is 4.48. The van der Waals surface area contributed by atoms with Gasteiger partial charge in [0, 0.05) is 12.1 Å². The van der Waals surface area contributed by atoms with Crippen LogP contribution in [-0.2, 0) is 0 Å². The molecule has 1 fully saturated rings. The summed E-state index contributed by atoms with van der Waals surface area (Å²) in [5, 5.41) is 5.48. The molecule has 1 aliphatic heterocycles. The van der Waals surface area contributed by atoms with Gasteiger partial charge in [0.05, 0.1) is 6.54 Å². The van der Waals surface area contributed by atoms with Crippen LogP contribution in [0.25, 0.3) is 0 Å². The van der Waals surface area contributed by atoms with Gasteiger partial charge >= 0.3 is 6.18 Å². The highest BCUT2D eigenvalue weighted by molar-refractivity contribution is 4.91. The van der Waals surface area contributed by atoms with Gasteiger partial charge in [-0.3, -0.25) is 15.5 Å². The van der Waals surface area contributed by atoms with Crippen molar-refractivity contribution in [1.82, 2.24) is 15.5 Å². The van der Waals surface area contributed by atoms with Crippen LogP contribution in [0.15, 0.2) is 0 Å². The Hall–Kier alpha value is -0.330. The summed E-state index contributed by atoms with van der Waals surface area (Å²) in [5.74, 6) is 0. The Kier molecular flexibility index (Phi) is 3.08. The van der Waals surface area contributed by atoms with Crippen LogP contribution >= 0.6 is 0 Å². The van der Waals surface area contributed by atoms with Crippen molar-refractivity contribution in [3.8, 4) is 0 Å². The minimum Gasteiger partial charge on any atom is -0.283 e. The van der Waals surface area contributed by atoms with E-state index in [4.69, 9.17) is 0 Å². The lowest BCUT2D eigenvalue weighted by molar-refractivity contribution is -0.128. The van der Waals surface area contributed by atoms with Gasteiger partial charge in [0.1, 0.15) is 6.29 Å². The molecule has 84 valence electrons. The molecule has 2 N–H and O–H groups in total. The summed E-state index contributed by atoms with van der Waals surface area (Å²) in [6.45, 7) is 3.67. The number of hydrogen-bond acceptors (Lipinski definition) is 3. The third-order valence-corrected chi connectivity index (χ3v) is 2.11.